The zero-order valence-electron chi connectivity index (χ0n) is 11.9. The predicted octanol–water partition coefficient (Wildman–Crippen LogP) is 1.29. The number of hydrogen-bond acceptors (Lipinski definition) is 4. The van der Waals surface area contributed by atoms with Gasteiger partial charge in [-0.15, -0.1) is 11.6 Å². The topological polar surface area (TPSA) is 69.8 Å². The Bertz CT molecular complexity index is 717. The van der Waals surface area contributed by atoms with Gasteiger partial charge in [-0.3, -0.25) is 4.68 Å². The lowest BCUT2D eigenvalue weighted by molar-refractivity contribution is 0.587. The van der Waals surface area contributed by atoms with Crippen molar-refractivity contribution in [1.82, 2.24) is 19.3 Å². The Morgan fingerprint density at radius 2 is 2.05 bits per heavy atom. The molecule has 0 spiro atoms. The number of nitrogens with zero attached hydrogens (tertiary/aromatic N) is 4. The second-order valence-electron chi connectivity index (χ2n) is 4.98. The molecule has 0 aliphatic heterocycles. The van der Waals surface area contributed by atoms with E-state index in [0.29, 0.717) is 25.3 Å². The first-order valence-corrected chi connectivity index (χ1v) is 9.05. The standard InChI is InChI=1S/C12H19ClN4O2S/c1-9-11-12(16(2)15-9)17(10(14-11)5-6-13)7-4-8-20(3,18)19/h4-8H2,1-3H3. The van der Waals surface area contributed by atoms with Crippen molar-refractivity contribution in [2.75, 3.05) is 17.9 Å². The second-order valence-corrected chi connectivity index (χ2v) is 7.62. The third-order valence-corrected chi connectivity index (χ3v) is 4.40. The van der Waals surface area contributed by atoms with Gasteiger partial charge in [-0.25, -0.2) is 13.4 Å². The third-order valence-electron chi connectivity index (χ3n) is 3.18. The Hall–Kier alpha value is -1.08. The van der Waals surface area contributed by atoms with Gasteiger partial charge in [0.1, 0.15) is 21.2 Å². The maximum absolute atomic E-state index is 11.2. The molecular formula is C12H19ClN4O2S. The number of fused-ring (bicyclic) bond motifs is 1. The maximum Gasteiger partial charge on any atom is 0.158 e. The van der Waals surface area contributed by atoms with E-state index in [2.05, 4.69) is 10.1 Å². The summed E-state index contributed by atoms with van der Waals surface area (Å²) in [6.45, 7) is 2.52. The van der Waals surface area contributed by atoms with Crippen molar-refractivity contribution < 1.29 is 8.42 Å². The molecule has 2 rings (SSSR count). The SMILES string of the molecule is Cc1nn(C)c2c1nc(CCCl)n2CCCS(C)(=O)=O. The van der Waals surface area contributed by atoms with Crippen LogP contribution in [0.1, 0.15) is 17.9 Å². The molecule has 0 aromatic carbocycles. The van der Waals surface area contributed by atoms with Gasteiger partial charge < -0.3 is 4.57 Å². The summed E-state index contributed by atoms with van der Waals surface area (Å²) in [7, 11) is -1.07. The fraction of sp³-hybridized carbons (Fsp3) is 0.667. The number of alkyl halides is 1. The van der Waals surface area contributed by atoms with E-state index in [1.165, 1.54) is 6.26 Å². The van der Waals surface area contributed by atoms with Gasteiger partial charge in [-0.2, -0.15) is 5.10 Å². The minimum atomic E-state index is -2.94. The minimum Gasteiger partial charge on any atom is -0.313 e. The van der Waals surface area contributed by atoms with Gasteiger partial charge in [-0.1, -0.05) is 0 Å². The Morgan fingerprint density at radius 3 is 2.65 bits per heavy atom. The van der Waals surface area contributed by atoms with Crippen LogP contribution in [0.2, 0.25) is 0 Å². The van der Waals surface area contributed by atoms with E-state index in [0.717, 1.165) is 22.7 Å². The number of halogens is 1. The summed E-state index contributed by atoms with van der Waals surface area (Å²) < 4.78 is 26.3. The van der Waals surface area contributed by atoms with Crippen molar-refractivity contribution >= 4 is 32.6 Å². The monoisotopic (exact) mass is 318 g/mol. The van der Waals surface area contributed by atoms with Crippen LogP contribution < -0.4 is 0 Å². The minimum absolute atomic E-state index is 0.170. The Morgan fingerprint density at radius 1 is 1.35 bits per heavy atom. The molecule has 112 valence electrons. The summed E-state index contributed by atoms with van der Waals surface area (Å²) in [4.78, 5) is 4.58. The Kier molecular flexibility index (Phi) is 4.39. The van der Waals surface area contributed by atoms with Crippen molar-refractivity contribution in [3.8, 4) is 0 Å². The van der Waals surface area contributed by atoms with Gasteiger partial charge in [0.05, 0.1) is 11.4 Å². The summed E-state index contributed by atoms with van der Waals surface area (Å²) in [5.41, 5.74) is 2.67. The molecule has 0 N–H and O–H groups in total. The van der Waals surface area contributed by atoms with Crippen molar-refractivity contribution in [3.63, 3.8) is 0 Å². The molecule has 0 aliphatic rings. The predicted molar refractivity (Wildman–Crippen MR) is 80.0 cm³/mol. The number of imidazole rings is 1. The second kappa shape index (κ2) is 5.73. The number of hydrogen-bond donors (Lipinski definition) is 0. The lowest BCUT2D eigenvalue weighted by atomic mass is 10.4. The van der Waals surface area contributed by atoms with E-state index in [1.807, 2.05) is 18.5 Å². The van der Waals surface area contributed by atoms with Gasteiger partial charge in [-0.05, 0) is 13.3 Å². The van der Waals surface area contributed by atoms with Crippen LogP contribution >= 0.6 is 11.6 Å². The molecule has 0 bridgehead atoms. The highest BCUT2D eigenvalue weighted by Gasteiger charge is 2.17. The van der Waals surface area contributed by atoms with E-state index < -0.39 is 9.84 Å². The summed E-state index contributed by atoms with van der Waals surface area (Å²) in [6.07, 6.45) is 2.47. The van der Waals surface area contributed by atoms with Crippen LogP contribution in [0.3, 0.4) is 0 Å². The van der Waals surface area contributed by atoms with Gasteiger partial charge in [0, 0.05) is 32.1 Å². The summed E-state index contributed by atoms with van der Waals surface area (Å²) in [5, 5.41) is 4.35. The molecule has 6 nitrogen and oxygen atoms in total. The maximum atomic E-state index is 11.2. The van der Waals surface area contributed by atoms with Crippen molar-refractivity contribution in [3.05, 3.63) is 11.5 Å². The molecule has 20 heavy (non-hydrogen) atoms. The normalized spacial score (nSPS) is 12.4. The smallest absolute Gasteiger partial charge is 0.158 e. The first kappa shape index (κ1) is 15.3. The average molecular weight is 319 g/mol. The number of rotatable bonds is 6. The summed E-state index contributed by atoms with van der Waals surface area (Å²) in [5.74, 6) is 1.55. The van der Waals surface area contributed by atoms with Crippen LogP contribution in [0.5, 0.6) is 0 Å². The molecule has 8 heteroatoms. The zero-order valence-corrected chi connectivity index (χ0v) is 13.5. The van der Waals surface area contributed by atoms with E-state index in [-0.39, 0.29) is 5.75 Å². The fourth-order valence-corrected chi connectivity index (χ4v) is 3.20. The van der Waals surface area contributed by atoms with Crippen molar-refractivity contribution in [1.29, 1.82) is 0 Å². The first-order valence-electron chi connectivity index (χ1n) is 6.46. The van der Waals surface area contributed by atoms with E-state index in [9.17, 15) is 8.42 Å². The molecule has 0 unspecified atom stereocenters. The molecule has 0 amide bonds. The molecule has 0 radical (unpaired) electrons. The average Bonchev–Trinajstić information content (AvgIpc) is 2.79. The van der Waals surface area contributed by atoms with Crippen molar-refractivity contribution in [2.45, 2.75) is 26.3 Å². The van der Waals surface area contributed by atoms with Crippen LogP contribution in [-0.2, 0) is 29.9 Å². The largest absolute Gasteiger partial charge is 0.313 e. The molecule has 0 fully saturated rings. The number of sulfone groups is 1. The van der Waals surface area contributed by atoms with E-state index in [1.54, 1.807) is 4.68 Å². The van der Waals surface area contributed by atoms with Crippen molar-refractivity contribution in [2.24, 2.45) is 7.05 Å². The van der Waals surface area contributed by atoms with Crippen LogP contribution in [0.4, 0.5) is 0 Å². The first-order chi connectivity index (χ1) is 9.33. The quantitative estimate of drug-likeness (QED) is 0.753. The molecular weight excluding hydrogens is 300 g/mol. The van der Waals surface area contributed by atoms with Crippen LogP contribution in [0, 0.1) is 6.92 Å². The zero-order chi connectivity index (χ0) is 14.9. The number of aromatic nitrogens is 4. The summed E-state index contributed by atoms with van der Waals surface area (Å²) >= 11 is 5.82. The summed E-state index contributed by atoms with van der Waals surface area (Å²) in [6, 6.07) is 0. The highest BCUT2D eigenvalue weighted by Crippen LogP contribution is 2.20. The molecule has 2 aromatic heterocycles. The molecule has 0 aliphatic carbocycles. The van der Waals surface area contributed by atoms with Gasteiger partial charge in [0.2, 0.25) is 0 Å². The lowest BCUT2D eigenvalue weighted by Crippen LogP contribution is -2.12. The fourth-order valence-electron chi connectivity index (χ4n) is 2.38. The third kappa shape index (κ3) is 3.15. The molecule has 0 saturated carbocycles. The van der Waals surface area contributed by atoms with Crippen LogP contribution in [-0.4, -0.2) is 45.6 Å². The Labute approximate surface area is 123 Å². The molecule has 0 saturated heterocycles. The highest BCUT2D eigenvalue weighted by molar-refractivity contribution is 7.90. The lowest BCUT2D eigenvalue weighted by Gasteiger charge is -2.08. The Balaban J connectivity index is 2.35. The van der Waals surface area contributed by atoms with Gasteiger partial charge >= 0.3 is 0 Å². The molecule has 2 heterocycles. The molecule has 0 atom stereocenters. The molecule has 2 aromatic rings. The van der Waals surface area contributed by atoms with Crippen LogP contribution in [0.15, 0.2) is 0 Å². The number of aryl methyl sites for hydroxylation is 4. The van der Waals surface area contributed by atoms with Crippen LogP contribution in [0.25, 0.3) is 11.2 Å². The van der Waals surface area contributed by atoms with Gasteiger partial charge in [0.25, 0.3) is 0 Å². The highest BCUT2D eigenvalue weighted by atomic mass is 35.5. The van der Waals surface area contributed by atoms with E-state index >= 15 is 0 Å². The van der Waals surface area contributed by atoms with Gasteiger partial charge in [0.15, 0.2) is 5.65 Å². The van der Waals surface area contributed by atoms with E-state index in [4.69, 9.17) is 11.6 Å².